The molecule has 0 saturated carbocycles. The van der Waals surface area contributed by atoms with E-state index in [1.54, 1.807) is 0 Å². The van der Waals surface area contributed by atoms with Gasteiger partial charge in [0.05, 0.1) is 32.0 Å². The molecule has 0 aliphatic carbocycles. The first-order valence-electron chi connectivity index (χ1n) is 7.92. The van der Waals surface area contributed by atoms with Gasteiger partial charge in [0.15, 0.2) is 0 Å². The Labute approximate surface area is 151 Å². The highest BCUT2D eigenvalue weighted by Crippen LogP contribution is 2.10. The molecule has 0 aliphatic rings. The van der Waals surface area contributed by atoms with Crippen LogP contribution in [0.1, 0.15) is 0 Å². The average molecular weight is 383 g/mol. The van der Waals surface area contributed by atoms with Gasteiger partial charge in [0, 0.05) is 13.1 Å². The summed E-state index contributed by atoms with van der Waals surface area (Å²) in [4.78, 5) is 1.21. The lowest BCUT2D eigenvalue weighted by Crippen LogP contribution is -2.53. The predicted molar refractivity (Wildman–Crippen MR) is 87.5 cm³/mol. The van der Waals surface area contributed by atoms with E-state index in [0.29, 0.717) is 0 Å². The van der Waals surface area contributed by atoms with Crippen molar-refractivity contribution in [2.45, 2.75) is 48.8 Å². The molecule has 0 spiro atoms. The number of terminal acetylenes is 1. The zero-order valence-corrected chi connectivity index (χ0v) is 14.2. The molecule has 0 amide bonds. The number of aliphatic hydroxyl groups is 10. The molecule has 0 saturated heterocycles. The van der Waals surface area contributed by atoms with Gasteiger partial charge in [0.1, 0.15) is 36.6 Å². The summed E-state index contributed by atoms with van der Waals surface area (Å²) >= 11 is 0. The van der Waals surface area contributed by atoms with E-state index in [1.807, 2.05) is 0 Å². The Morgan fingerprint density at radius 1 is 0.615 bits per heavy atom. The van der Waals surface area contributed by atoms with Crippen molar-refractivity contribution in [2.75, 3.05) is 32.8 Å². The van der Waals surface area contributed by atoms with Crippen LogP contribution in [-0.2, 0) is 0 Å². The first-order chi connectivity index (χ1) is 12.1. The molecule has 0 radical (unpaired) electrons. The van der Waals surface area contributed by atoms with Crippen LogP contribution < -0.4 is 0 Å². The molecule has 0 aromatic rings. The molecule has 0 rings (SSSR count). The van der Waals surface area contributed by atoms with E-state index in [4.69, 9.17) is 16.6 Å². The highest BCUT2D eigenvalue weighted by atomic mass is 16.4. The van der Waals surface area contributed by atoms with Crippen LogP contribution in [0.15, 0.2) is 0 Å². The highest BCUT2D eigenvalue weighted by Gasteiger charge is 2.34. The monoisotopic (exact) mass is 383 g/mol. The number of hydrogen-bond donors (Lipinski definition) is 10. The lowest BCUT2D eigenvalue weighted by Gasteiger charge is -2.32. The van der Waals surface area contributed by atoms with Crippen molar-refractivity contribution in [3.8, 4) is 12.3 Å². The van der Waals surface area contributed by atoms with E-state index in [9.17, 15) is 40.9 Å². The summed E-state index contributed by atoms with van der Waals surface area (Å²) in [5.41, 5.74) is 0. The summed E-state index contributed by atoms with van der Waals surface area (Å²) in [6.45, 7) is -2.60. The molecule has 10 N–H and O–H groups in total. The van der Waals surface area contributed by atoms with E-state index in [-0.39, 0.29) is 19.6 Å². The molecule has 0 aromatic heterocycles. The Balaban J connectivity index is 4.85. The van der Waals surface area contributed by atoms with Crippen molar-refractivity contribution in [3.63, 3.8) is 0 Å². The summed E-state index contributed by atoms with van der Waals surface area (Å²) in [6, 6.07) is 0. The van der Waals surface area contributed by atoms with Crippen molar-refractivity contribution in [2.24, 2.45) is 0 Å². The summed E-state index contributed by atoms with van der Waals surface area (Å²) < 4.78 is 0. The van der Waals surface area contributed by atoms with E-state index < -0.39 is 62.0 Å². The Kier molecular flexibility index (Phi) is 12.1. The molecule has 11 heteroatoms. The molecule has 26 heavy (non-hydrogen) atoms. The molecule has 0 aliphatic heterocycles. The van der Waals surface area contributed by atoms with Gasteiger partial charge in [0.25, 0.3) is 0 Å². The minimum absolute atomic E-state index is 0.148. The fraction of sp³-hybridized carbons (Fsp3) is 0.867. The minimum Gasteiger partial charge on any atom is -0.394 e. The molecule has 0 aromatic carbocycles. The summed E-state index contributed by atoms with van der Waals surface area (Å²) in [5.74, 6) is 2.22. The van der Waals surface area contributed by atoms with E-state index >= 15 is 0 Å². The molecular formula is C15H29NO10. The number of aliphatic hydroxyl groups excluding tert-OH is 10. The van der Waals surface area contributed by atoms with Crippen LogP contribution >= 0.6 is 0 Å². The Hall–Kier alpha value is -0.880. The van der Waals surface area contributed by atoms with Crippen LogP contribution in [0.2, 0.25) is 0 Å². The first-order valence-corrected chi connectivity index (χ1v) is 7.92. The van der Waals surface area contributed by atoms with E-state index in [1.165, 1.54) is 4.90 Å². The second kappa shape index (κ2) is 12.5. The van der Waals surface area contributed by atoms with Crippen molar-refractivity contribution in [1.82, 2.24) is 4.90 Å². The Morgan fingerprint density at radius 3 is 1.19 bits per heavy atom. The first kappa shape index (κ1) is 25.1. The Bertz CT molecular complexity index is 390. The van der Waals surface area contributed by atoms with Crippen LogP contribution in [0.5, 0.6) is 0 Å². The third-order valence-corrected chi connectivity index (χ3v) is 3.86. The van der Waals surface area contributed by atoms with Gasteiger partial charge in [0.2, 0.25) is 0 Å². The predicted octanol–water partition coefficient (Wildman–Crippen LogP) is -6.21. The zero-order valence-electron chi connectivity index (χ0n) is 14.2. The number of hydrogen-bond acceptors (Lipinski definition) is 11. The SMILES string of the molecule is C#CCN(C[C@@H](O)[C@H](O)[C@@H](O)[C@@H](O)CO)C[C@H](O)[C@@H](O)[C@H](O)[C@H](O)CO. The van der Waals surface area contributed by atoms with Crippen LogP contribution in [0.4, 0.5) is 0 Å². The summed E-state index contributed by atoms with van der Waals surface area (Å²) in [6.07, 6.45) is -8.77. The fourth-order valence-electron chi connectivity index (χ4n) is 2.20. The van der Waals surface area contributed by atoms with Crippen molar-refractivity contribution in [3.05, 3.63) is 0 Å². The van der Waals surface area contributed by atoms with E-state index in [0.717, 1.165) is 0 Å². The molecule has 0 fully saturated rings. The van der Waals surface area contributed by atoms with Gasteiger partial charge in [-0.25, -0.2) is 0 Å². The molecule has 8 atom stereocenters. The van der Waals surface area contributed by atoms with Crippen molar-refractivity contribution in [1.29, 1.82) is 0 Å². The van der Waals surface area contributed by atoms with Crippen LogP contribution in [0, 0.1) is 12.3 Å². The van der Waals surface area contributed by atoms with Gasteiger partial charge in [-0.2, -0.15) is 0 Å². The lowest BCUT2D eigenvalue weighted by molar-refractivity contribution is -0.129. The molecule has 154 valence electrons. The molecule has 11 nitrogen and oxygen atoms in total. The normalized spacial score (nSPS) is 21.3. The minimum atomic E-state index is -1.83. The lowest BCUT2D eigenvalue weighted by atomic mass is 10.0. The molecule has 0 unspecified atom stereocenters. The fourth-order valence-corrected chi connectivity index (χ4v) is 2.20. The standard InChI is InChI=1S/C15H29NO10/c1-2-3-16(4-8(19)12(23)14(25)10(21)6-17)5-9(20)13(24)15(26)11(22)7-18/h1,8-15,17-26H,3-7H2/t8-,9+,10+,11-,12+,13-,14+,15-. The third-order valence-electron chi connectivity index (χ3n) is 3.86. The zero-order chi connectivity index (χ0) is 20.4. The topological polar surface area (TPSA) is 206 Å². The summed E-state index contributed by atoms with van der Waals surface area (Å²) in [5, 5.41) is 94.6. The smallest absolute Gasteiger partial charge is 0.111 e. The summed E-state index contributed by atoms with van der Waals surface area (Å²) in [7, 11) is 0. The van der Waals surface area contributed by atoms with Gasteiger partial charge < -0.3 is 51.1 Å². The number of nitrogens with zero attached hydrogens (tertiary/aromatic N) is 1. The van der Waals surface area contributed by atoms with Crippen LogP contribution in [-0.4, -0.2) is 138 Å². The maximum absolute atomic E-state index is 9.94. The molecule has 0 bridgehead atoms. The second-order valence-corrected chi connectivity index (χ2v) is 6.00. The Morgan fingerprint density at radius 2 is 0.923 bits per heavy atom. The average Bonchev–Trinajstić information content (AvgIpc) is 2.63. The number of rotatable bonds is 13. The van der Waals surface area contributed by atoms with Crippen LogP contribution in [0.25, 0.3) is 0 Å². The van der Waals surface area contributed by atoms with Crippen molar-refractivity contribution < 1.29 is 51.1 Å². The van der Waals surface area contributed by atoms with Crippen molar-refractivity contribution >= 4 is 0 Å². The van der Waals surface area contributed by atoms with Gasteiger partial charge in [-0.3, -0.25) is 4.90 Å². The molecule has 0 heterocycles. The maximum atomic E-state index is 9.94. The van der Waals surface area contributed by atoms with Gasteiger partial charge in [-0.15, -0.1) is 6.42 Å². The quantitative estimate of drug-likeness (QED) is 0.135. The highest BCUT2D eigenvalue weighted by molar-refractivity contribution is 4.92. The second-order valence-electron chi connectivity index (χ2n) is 6.00. The van der Waals surface area contributed by atoms with Crippen LogP contribution in [0.3, 0.4) is 0 Å². The maximum Gasteiger partial charge on any atom is 0.111 e. The van der Waals surface area contributed by atoms with Gasteiger partial charge in [-0.05, 0) is 0 Å². The third kappa shape index (κ3) is 7.78. The molecular weight excluding hydrogens is 354 g/mol. The van der Waals surface area contributed by atoms with Gasteiger partial charge in [-0.1, -0.05) is 5.92 Å². The van der Waals surface area contributed by atoms with E-state index in [2.05, 4.69) is 5.92 Å². The van der Waals surface area contributed by atoms with Gasteiger partial charge >= 0.3 is 0 Å². The largest absolute Gasteiger partial charge is 0.394 e.